The van der Waals surface area contributed by atoms with Gasteiger partial charge in [0.1, 0.15) is 0 Å². The summed E-state index contributed by atoms with van der Waals surface area (Å²) in [5.74, 6) is 0. The molecular weight excluding hydrogens is 268 g/mol. The number of aryl methyl sites for hydroxylation is 3. The maximum absolute atomic E-state index is 4.45. The van der Waals surface area contributed by atoms with Crippen LogP contribution in [0.2, 0.25) is 0 Å². The van der Waals surface area contributed by atoms with Crippen LogP contribution in [-0.2, 0) is 6.42 Å². The van der Waals surface area contributed by atoms with Crippen molar-refractivity contribution in [2.24, 2.45) is 9.98 Å². The van der Waals surface area contributed by atoms with Gasteiger partial charge in [-0.2, -0.15) is 0 Å². The van der Waals surface area contributed by atoms with Gasteiger partial charge in [-0.1, -0.05) is 55.0 Å². The largest absolute Gasteiger partial charge is 0.291 e. The summed E-state index contributed by atoms with van der Waals surface area (Å²) in [7, 11) is 0. The zero-order chi connectivity index (χ0) is 15.8. The van der Waals surface area contributed by atoms with E-state index in [4.69, 9.17) is 0 Å². The van der Waals surface area contributed by atoms with Crippen LogP contribution in [0.4, 0.5) is 0 Å². The Balaban J connectivity index is 1.80. The predicted molar refractivity (Wildman–Crippen MR) is 96.7 cm³/mol. The minimum Gasteiger partial charge on any atom is -0.291 e. The molecule has 0 unspecified atom stereocenters. The van der Waals surface area contributed by atoms with E-state index in [1.165, 1.54) is 22.3 Å². The molecule has 0 aliphatic heterocycles. The van der Waals surface area contributed by atoms with Crippen molar-refractivity contribution in [3.63, 3.8) is 0 Å². The third-order valence-corrected chi connectivity index (χ3v) is 3.64. The molecule has 2 nitrogen and oxygen atoms in total. The topological polar surface area (TPSA) is 24.7 Å². The normalized spacial score (nSPS) is 11.6. The van der Waals surface area contributed by atoms with E-state index in [0.717, 1.165) is 25.1 Å². The van der Waals surface area contributed by atoms with Crippen LogP contribution < -0.4 is 0 Å². The first-order valence-corrected chi connectivity index (χ1v) is 7.85. The Labute approximate surface area is 133 Å². The molecule has 0 radical (unpaired) electrons. The highest BCUT2D eigenvalue weighted by molar-refractivity contribution is 5.82. The highest BCUT2D eigenvalue weighted by Crippen LogP contribution is 2.08. The lowest BCUT2D eigenvalue weighted by atomic mass is 10.1. The molecule has 0 heterocycles. The SMILES string of the molecule is CCc1ccc(C=NCCN=Cc2ccc(C)cc2C)cc1. The lowest BCUT2D eigenvalue weighted by Gasteiger charge is -2.00. The summed E-state index contributed by atoms with van der Waals surface area (Å²) in [4.78, 5) is 8.88. The predicted octanol–water partition coefficient (Wildman–Crippen LogP) is 4.40. The summed E-state index contributed by atoms with van der Waals surface area (Å²) in [6.07, 6.45) is 4.94. The fourth-order valence-electron chi connectivity index (χ4n) is 2.26. The van der Waals surface area contributed by atoms with Gasteiger partial charge in [-0.25, -0.2) is 0 Å². The van der Waals surface area contributed by atoms with Crippen LogP contribution in [-0.4, -0.2) is 25.5 Å². The quantitative estimate of drug-likeness (QED) is 0.557. The molecule has 0 saturated carbocycles. The van der Waals surface area contributed by atoms with E-state index in [1.807, 2.05) is 12.4 Å². The number of hydrogen-bond acceptors (Lipinski definition) is 2. The highest BCUT2D eigenvalue weighted by atomic mass is 14.8. The number of nitrogens with zero attached hydrogens (tertiary/aromatic N) is 2. The second kappa shape index (κ2) is 8.28. The maximum atomic E-state index is 4.45. The average Bonchev–Trinajstić information content (AvgIpc) is 2.53. The lowest BCUT2D eigenvalue weighted by Crippen LogP contribution is -1.92. The van der Waals surface area contributed by atoms with Crippen LogP contribution in [0.3, 0.4) is 0 Å². The molecule has 0 spiro atoms. The highest BCUT2D eigenvalue weighted by Gasteiger charge is 1.94. The van der Waals surface area contributed by atoms with Crippen molar-refractivity contribution in [3.8, 4) is 0 Å². The fraction of sp³-hybridized carbons (Fsp3) is 0.300. The van der Waals surface area contributed by atoms with Crippen LogP contribution in [0.25, 0.3) is 0 Å². The molecule has 0 saturated heterocycles. The van der Waals surface area contributed by atoms with E-state index in [9.17, 15) is 0 Å². The number of rotatable bonds is 6. The Bertz CT molecular complexity index is 652. The summed E-state index contributed by atoms with van der Waals surface area (Å²) in [5, 5.41) is 0. The van der Waals surface area contributed by atoms with Gasteiger partial charge in [0.15, 0.2) is 0 Å². The van der Waals surface area contributed by atoms with Crippen LogP contribution in [0, 0.1) is 13.8 Å². The van der Waals surface area contributed by atoms with Gasteiger partial charge in [0.2, 0.25) is 0 Å². The molecule has 0 bridgehead atoms. The standard InChI is InChI=1S/C20H24N2/c1-4-18-6-8-19(9-7-18)14-21-11-12-22-15-20-10-5-16(2)13-17(20)3/h5-10,13-15H,4,11-12H2,1-3H3. The van der Waals surface area contributed by atoms with Crippen LogP contribution in [0.1, 0.15) is 34.7 Å². The molecule has 22 heavy (non-hydrogen) atoms. The van der Waals surface area contributed by atoms with Crippen molar-refractivity contribution in [2.45, 2.75) is 27.2 Å². The average molecular weight is 292 g/mol. The molecule has 2 aromatic carbocycles. The molecule has 114 valence electrons. The van der Waals surface area contributed by atoms with E-state index in [2.05, 4.69) is 73.2 Å². The second-order valence-electron chi connectivity index (χ2n) is 5.53. The van der Waals surface area contributed by atoms with Gasteiger partial charge in [-0.05, 0) is 42.5 Å². The van der Waals surface area contributed by atoms with Crippen LogP contribution in [0.5, 0.6) is 0 Å². The molecule has 2 aromatic rings. The van der Waals surface area contributed by atoms with Gasteiger partial charge < -0.3 is 0 Å². The van der Waals surface area contributed by atoms with E-state index >= 15 is 0 Å². The molecular formula is C20H24N2. The second-order valence-corrected chi connectivity index (χ2v) is 5.53. The Morgan fingerprint density at radius 1 is 0.864 bits per heavy atom. The Hall–Kier alpha value is -2.22. The van der Waals surface area contributed by atoms with Gasteiger partial charge in [0, 0.05) is 12.4 Å². The summed E-state index contributed by atoms with van der Waals surface area (Å²) in [6, 6.07) is 14.9. The zero-order valence-corrected chi connectivity index (χ0v) is 13.7. The number of hydrogen-bond donors (Lipinski definition) is 0. The zero-order valence-electron chi connectivity index (χ0n) is 13.7. The van der Waals surface area contributed by atoms with Crippen molar-refractivity contribution in [1.29, 1.82) is 0 Å². The van der Waals surface area contributed by atoms with E-state index in [0.29, 0.717) is 0 Å². The summed E-state index contributed by atoms with van der Waals surface area (Å²) in [6.45, 7) is 7.83. The van der Waals surface area contributed by atoms with Gasteiger partial charge >= 0.3 is 0 Å². The third kappa shape index (κ3) is 4.96. The number of benzene rings is 2. The summed E-state index contributed by atoms with van der Waals surface area (Å²) >= 11 is 0. The first-order valence-electron chi connectivity index (χ1n) is 7.85. The van der Waals surface area contributed by atoms with Gasteiger partial charge in [0.25, 0.3) is 0 Å². The molecule has 0 atom stereocenters. The van der Waals surface area contributed by atoms with E-state index in [1.54, 1.807) is 0 Å². The fourth-order valence-corrected chi connectivity index (χ4v) is 2.26. The van der Waals surface area contributed by atoms with Crippen molar-refractivity contribution in [1.82, 2.24) is 0 Å². The first-order chi connectivity index (χ1) is 10.7. The van der Waals surface area contributed by atoms with E-state index < -0.39 is 0 Å². The lowest BCUT2D eigenvalue weighted by molar-refractivity contribution is 0.984. The first kappa shape index (κ1) is 16.2. The van der Waals surface area contributed by atoms with Crippen molar-refractivity contribution in [2.75, 3.05) is 13.1 Å². The number of aliphatic imine (C=N–C) groups is 2. The molecule has 2 heteroatoms. The maximum Gasteiger partial charge on any atom is 0.0585 e. The van der Waals surface area contributed by atoms with Crippen molar-refractivity contribution >= 4 is 12.4 Å². The molecule has 0 amide bonds. The van der Waals surface area contributed by atoms with Gasteiger partial charge in [0.05, 0.1) is 13.1 Å². The summed E-state index contributed by atoms with van der Waals surface area (Å²) in [5.41, 5.74) is 6.24. The van der Waals surface area contributed by atoms with Gasteiger partial charge in [-0.3, -0.25) is 9.98 Å². The minimum absolute atomic E-state index is 0.719. The molecule has 0 aliphatic rings. The molecule has 0 aromatic heterocycles. The Morgan fingerprint density at radius 3 is 2.18 bits per heavy atom. The monoisotopic (exact) mass is 292 g/mol. The Morgan fingerprint density at radius 2 is 1.55 bits per heavy atom. The van der Waals surface area contributed by atoms with E-state index in [-0.39, 0.29) is 0 Å². The van der Waals surface area contributed by atoms with Crippen LogP contribution >= 0.6 is 0 Å². The molecule has 0 N–H and O–H groups in total. The van der Waals surface area contributed by atoms with Crippen LogP contribution in [0.15, 0.2) is 52.4 Å². The minimum atomic E-state index is 0.719. The summed E-state index contributed by atoms with van der Waals surface area (Å²) < 4.78 is 0. The molecule has 0 fully saturated rings. The van der Waals surface area contributed by atoms with Crippen molar-refractivity contribution in [3.05, 3.63) is 70.3 Å². The van der Waals surface area contributed by atoms with Gasteiger partial charge in [-0.15, -0.1) is 0 Å². The Kier molecular flexibility index (Phi) is 6.08. The van der Waals surface area contributed by atoms with Crippen molar-refractivity contribution < 1.29 is 0 Å². The molecule has 2 rings (SSSR count). The third-order valence-electron chi connectivity index (χ3n) is 3.64. The smallest absolute Gasteiger partial charge is 0.0585 e. The molecule has 0 aliphatic carbocycles.